The van der Waals surface area contributed by atoms with Crippen LogP contribution >= 0.6 is 0 Å². The molecule has 8 heteroatoms. The molecule has 1 aliphatic rings. The molecule has 1 saturated carbocycles. The highest BCUT2D eigenvalue weighted by molar-refractivity contribution is 5.92. The highest BCUT2D eigenvalue weighted by Crippen LogP contribution is 2.42. The molecule has 0 bridgehead atoms. The smallest absolute Gasteiger partial charge is 0.342 e. The number of methoxy groups -OCH3 is 1. The van der Waals surface area contributed by atoms with Gasteiger partial charge in [0, 0.05) is 30.1 Å². The lowest BCUT2D eigenvalue weighted by atomic mass is 10.1. The predicted octanol–water partition coefficient (Wildman–Crippen LogP) is 4.88. The lowest BCUT2D eigenvalue weighted by Gasteiger charge is -2.10. The second-order valence-corrected chi connectivity index (χ2v) is 9.03. The van der Waals surface area contributed by atoms with Gasteiger partial charge in [-0.05, 0) is 60.7 Å². The van der Waals surface area contributed by atoms with Crippen molar-refractivity contribution in [1.82, 2.24) is 15.1 Å². The van der Waals surface area contributed by atoms with Crippen LogP contribution in [0.15, 0.2) is 48.5 Å². The summed E-state index contributed by atoms with van der Waals surface area (Å²) in [6, 6.07) is 13.9. The Labute approximate surface area is 198 Å². The number of rotatable bonds is 8. The maximum atomic E-state index is 13.0. The average Bonchev–Trinajstić information content (AvgIpc) is 3.56. The molecule has 0 unspecified atom stereocenters. The lowest BCUT2D eigenvalue weighted by Crippen LogP contribution is -2.30. The third kappa shape index (κ3) is 5.57. The van der Waals surface area contributed by atoms with E-state index in [9.17, 15) is 14.7 Å². The lowest BCUT2D eigenvalue weighted by molar-refractivity contribution is -0.116. The van der Waals surface area contributed by atoms with Crippen molar-refractivity contribution < 1.29 is 19.4 Å². The number of phenolic OH excluding ortho intramolecular Hbond substituents is 1. The van der Waals surface area contributed by atoms with E-state index in [4.69, 9.17) is 4.74 Å². The Hall–Kier alpha value is -3.81. The summed E-state index contributed by atoms with van der Waals surface area (Å²) in [6.07, 6.45) is 2.40. The minimum atomic E-state index is -0.329. The summed E-state index contributed by atoms with van der Waals surface area (Å²) < 4.78 is 6.56. The summed E-state index contributed by atoms with van der Waals surface area (Å²) in [5.41, 5.74) is 3.28. The number of nitrogens with zero attached hydrogens (tertiary/aromatic N) is 2. The summed E-state index contributed by atoms with van der Waals surface area (Å²) in [4.78, 5) is 25.2. The molecule has 4 rings (SSSR count). The van der Waals surface area contributed by atoms with Crippen molar-refractivity contribution in [1.29, 1.82) is 0 Å². The highest BCUT2D eigenvalue weighted by atomic mass is 16.5. The summed E-state index contributed by atoms with van der Waals surface area (Å²) in [6.45, 7) is 4.31. The van der Waals surface area contributed by atoms with Crippen LogP contribution in [-0.2, 0) is 11.3 Å². The molecule has 2 amide bonds. The van der Waals surface area contributed by atoms with Crippen molar-refractivity contribution >= 4 is 17.6 Å². The fraction of sp³-hybridized carbons (Fsp3) is 0.346. The van der Waals surface area contributed by atoms with Crippen LogP contribution in [0.1, 0.15) is 50.3 Å². The van der Waals surface area contributed by atoms with E-state index in [2.05, 4.69) is 15.7 Å². The van der Waals surface area contributed by atoms with Crippen molar-refractivity contribution in [2.75, 3.05) is 12.4 Å². The number of amides is 2. The first kappa shape index (κ1) is 23.4. The Bertz CT molecular complexity index is 1180. The number of phenols is 1. The van der Waals surface area contributed by atoms with Crippen LogP contribution in [0.25, 0.3) is 11.3 Å². The quantitative estimate of drug-likeness (QED) is 0.414. The normalized spacial score (nSPS) is 13.1. The summed E-state index contributed by atoms with van der Waals surface area (Å²) >= 11 is 0. The molecular weight excluding hydrogens is 432 g/mol. The fourth-order valence-electron chi connectivity index (χ4n) is 3.76. The zero-order valence-corrected chi connectivity index (χ0v) is 19.7. The van der Waals surface area contributed by atoms with Gasteiger partial charge in [-0.2, -0.15) is 9.78 Å². The molecule has 178 valence electrons. The van der Waals surface area contributed by atoms with Gasteiger partial charge in [-0.1, -0.05) is 26.0 Å². The molecule has 0 radical (unpaired) electrons. The van der Waals surface area contributed by atoms with Crippen LogP contribution in [0.4, 0.5) is 10.5 Å². The Morgan fingerprint density at radius 1 is 1.15 bits per heavy atom. The molecule has 0 saturated heterocycles. The predicted molar refractivity (Wildman–Crippen MR) is 130 cm³/mol. The molecule has 3 N–H and O–H groups in total. The molecule has 34 heavy (non-hydrogen) atoms. The minimum absolute atomic E-state index is 0.0347. The molecule has 1 fully saturated rings. The van der Waals surface area contributed by atoms with Crippen molar-refractivity contribution in [2.24, 2.45) is 5.92 Å². The first-order chi connectivity index (χ1) is 16.3. The van der Waals surface area contributed by atoms with E-state index in [0.717, 1.165) is 29.8 Å². The number of anilines is 1. The van der Waals surface area contributed by atoms with Gasteiger partial charge in [0.15, 0.2) is 0 Å². The second-order valence-electron chi connectivity index (χ2n) is 9.03. The van der Waals surface area contributed by atoms with Crippen molar-refractivity contribution in [2.45, 2.75) is 45.6 Å². The first-order valence-corrected chi connectivity index (χ1v) is 11.5. The number of carbonyl (C=O) groups is 2. The SMILES string of the molecule is COc1ccc(CNC(=O)n2nc(-c3cc(NC(=O)CC(C)C)ccc3O)cc2C2CC2)cc1. The maximum absolute atomic E-state index is 13.0. The van der Waals surface area contributed by atoms with Gasteiger partial charge in [0.05, 0.1) is 18.5 Å². The van der Waals surface area contributed by atoms with Crippen LogP contribution in [0.3, 0.4) is 0 Å². The molecule has 1 aliphatic carbocycles. The van der Waals surface area contributed by atoms with E-state index in [1.54, 1.807) is 19.2 Å². The number of benzene rings is 2. The Balaban J connectivity index is 1.54. The van der Waals surface area contributed by atoms with E-state index in [1.165, 1.54) is 10.7 Å². The monoisotopic (exact) mass is 462 g/mol. The van der Waals surface area contributed by atoms with Crippen LogP contribution in [-0.4, -0.2) is 33.9 Å². The van der Waals surface area contributed by atoms with Crippen molar-refractivity contribution in [3.8, 4) is 22.8 Å². The van der Waals surface area contributed by atoms with E-state index < -0.39 is 0 Å². The van der Waals surface area contributed by atoms with Crippen LogP contribution in [0.5, 0.6) is 11.5 Å². The van der Waals surface area contributed by atoms with Gasteiger partial charge in [-0.25, -0.2) is 4.79 Å². The van der Waals surface area contributed by atoms with Gasteiger partial charge in [-0.3, -0.25) is 4.79 Å². The minimum Gasteiger partial charge on any atom is -0.507 e. The molecule has 0 aliphatic heterocycles. The van der Waals surface area contributed by atoms with Gasteiger partial charge in [0.25, 0.3) is 0 Å². The van der Waals surface area contributed by atoms with Crippen molar-refractivity contribution in [3.05, 3.63) is 59.8 Å². The number of carbonyl (C=O) groups excluding carboxylic acids is 2. The molecular formula is C26H30N4O4. The summed E-state index contributed by atoms with van der Waals surface area (Å²) in [7, 11) is 1.61. The van der Waals surface area contributed by atoms with Gasteiger partial charge in [-0.15, -0.1) is 0 Å². The Morgan fingerprint density at radius 2 is 1.88 bits per heavy atom. The van der Waals surface area contributed by atoms with Crippen LogP contribution < -0.4 is 15.4 Å². The summed E-state index contributed by atoms with van der Waals surface area (Å²) in [5.74, 6) is 1.21. The third-order valence-corrected chi connectivity index (χ3v) is 5.68. The average molecular weight is 463 g/mol. The maximum Gasteiger partial charge on any atom is 0.342 e. The summed E-state index contributed by atoms with van der Waals surface area (Å²) in [5, 5.41) is 20.8. The van der Waals surface area contributed by atoms with E-state index in [1.807, 2.05) is 44.2 Å². The Kier molecular flexibility index (Phi) is 6.86. The van der Waals surface area contributed by atoms with Crippen molar-refractivity contribution in [3.63, 3.8) is 0 Å². The third-order valence-electron chi connectivity index (χ3n) is 5.68. The number of hydrogen-bond acceptors (Lipinski definition) is 5. The molecule has 1 heterocycles. The molecule has 0 spiro atoms. The topological polar surface area (TPSA) is 105 Å². The number of ether oxygens (including phenoxy) is 1. The van der Waals surface area contributed by atoms with Crippen LogP contribution in [0.2, 0.25) is 0 Å². The number of hydrogen-bond donors (Lipinski definition) is 3. The number of nitrogens with one attached hydrogen (secondary N) is 2. The molecule has 1 aromatic heterocycles. The molecule has 8 nitrogen and oxygen atoms in total. The molecule has 0 atom stereocenters. The van der Waals surface area contributed by atoms with Gasteiger partial charge >= 0.3 is 6.03 Å². The fourth-order valence-corrected chi connectivity index (χ4v) is 3.76. The van der Waals surface area contributed by atoms with Gasteiger partial charge < -0.3 is 20.5 Å². The van der Waals surface area contributed by atoms with Gasteiger partial charge in [0.1, 0.15) is 11.5 Å². The van der Waals surface area contributed by atoms with E-state index >= 15 is 0 Å². The molecule has 2 aromatic carbocycles. The largest absolute Gasteiger partial charge is 0.507 e. The van der Waals surface area contributed by atoms with E-state index in [-0.39, 0.29) is 29.5 Å². The zero-order valence-electron chi connectivity index (χ0n) is 19.7. The highest BCUT2D eigenvalue weighted by Gasteiger charge is 2.30. The van der Waals surface area contributed by atoms with Crippen LogP contribution in [0, 0.1) is 5.92 Å². The Morgan fingerprint density at radius 3 is 2.53 bits per heavy atom. The van der Waals surface area contributed by atoms with Gasteiger partial charge in [0.2, 0.25) is 5.91 Å². The zero-order chi connectivity index (χ0) is 24.2. The number of aromatic hydroxyl groups is 1. The van der Waals surface area contributed by atoms with E-state index in [0.29, 0.717) is 29.9 Å². The molecule has 3 aromatic rings. The number of aromatic nitrogens is 2. The standard InChI is InChI=1S/C26H30N4O4/c1-16(2)12-25(32)28-19-8-11-24(31)21(13-19)22-14-23(18-6-7-18)30(29-22)26(33)27-15-17-4-9-20(34-3)10-5-17/h4-5,8-11,13-14,16,18,31H,6-7,12,15H2,1-3H3,(H,27,33)(H,28,32). The first-order valence-electron chi connectivity index (χ1n) is 11.5. The second kappa shape index (κ2) is 9.99.